The topological polar surface area (TPSA) is 64.4 Å². The normalized spacial score (nSPS) is 11.1. The van der Waals surface area contributed by atoms with Crippen LogP contribution in [0, 0.1) is 17.5 Å². The van der Waals surface area contributed by atoms with Crippen LogP contribution in [-0.4, -0.2) is 28.2 Å². The van der Waals surface area contributed by atoms with E-state index in [1.165, 1.54) is 17.9 Å². The number of methoxy groups -OCH3 is 1. The lowest BCUT2D eigenvalue weighted by Gasteiger charge is -2.12. The molecule has 2 aromatic carbocycles. The van der Waals surface area contributed by atoms with E-state index in [1.54, 1.807) is 43.5 Å². The predicted octanol–water partition coefficient (Wildman–Crippen LogP) is 4.51. The first-order valence-corrected chi connectivity index (χ1v) is 8.70. The van der Waals surface area contributed by atoms with E-state index in [4.69, 9.17) is 33.3 Å². The summed E-state index contributed by atoms with van der Waals surface area (Å²) >= 11 is 11.1. The van der Waals surface area contributed by atoms with Crippen LogP contribution in [-0.2, 0) is 6.61 Å². The second kappa shape index (κ2) is 8.32. The van der Waals surface area contributed by atoms with E-state index < -0.39 is 5.82 Å². The fourth-order valence-electron chi connectivity index (χ4n) is 2.33. The number of aryl methyl sites for hydroxylation is 1. The zero-order valence-corrected chi connectivity index (χ0v) is 16.1. The highest BCUT2D eigenvalue weighted by Crippen LogP contribution is 2.29. The van der Waals surface area contributed by atoms with Crippen LogP contribution in [0.15, 0.2) is 41.5 Å². The second-order valence-corrected chi connectivity index (χ2v) is 6.33. The maximum atomic E-state index is 13.9. The highest BCUT2D eigenvalue weighted by atomic mass is 35.5. The first-order valence-electron chi connectivity index (χ1n) is 7.91. The molecule has 0 aliphatic heterocycles. The van der Waals surface area contributed by atoms with Gasteiger partial charge in [0, 0.05) is 5.56 Å². The molecule has 0 saturated heterocycles. The number of ether oxygens (including phenoxy) is 2. The molecule has 0 aliphatic rings. The Morgan fingerprint density at radius 3 is 2.81 bits per heavy atom. The number of nitrogens with one attached hydrogen (secondary N) is 1. The molecule has 0 amide bonds. The van der Waals surface area contributed by atoms with Crippen LogP contribution in [0.5, 0.6) is 11.5 Å². The summed E-state index contributed by atoms with van der Waals surface area (Å²) in [5, 5.41) is 11.2. The van der Waals surface area contributed by atoms with Gasteiger partial charge in [-0.2, -0.15) is 14.9 Å². The van der Waals surface area contributed by atoms with Crippen molar-refractivity contribution >= 4 is 30.0 Å². The van der Waals surface area contributed by atoms with Gasteiger partial charge in [0.15, 0.2) is 11.5 Å². The molecule has 6 nitrogen and oxygen atoms in total. The van der Waals surface area contributed by atoms with Crippen molar-refractivity contribution in [2.75, 3.05) is 7.11 Å². The summed E-state index contributed by atoms with van der Waals surface area (Å²) in [5.74, 6) is 1.17. The van der Waals surface area contributed by atoms with Crippen LogP contribution >= 0.6 is 23.8 Å². The molecule has 0 unspecified atom stereocenters. The van der Waals surface area contributed by atoms with Gasteiger partial charge in [-0.05, 0) is 55.0 Å². The number of hydrogen-bond acceptors (Lipinski definition) is 5. The fourth-order valence-corrected chi connectivity index (χ4v) is 2.78. The van der Waals surface area contributed by atoms with Crippen LogP contribution in [0.1, 0.15) is 17.0 Å². The minimum atomic E-state index is -0.419. The Morgan fingerprint density at radius 2 is 2.15 bits per heavy atom. The highest BCUT2D eigenvalue weighted by molar-refractivity contribution is 7.71. The molecule has 0 aliphatic carbocycles. The van der Waals surface area contributed by atoms with Crippen molar-refractivity contribution < 1.29 is 13.9 Å². The van der Waals surface area contributed by atoms with Gasteiger partial charge in [0.1, 0.15) is 18.2 Å². The van der Waals surface area contributed by atoms with Gasteiger partial charge in [0.25, 0.3) is 0 Å². The molecular formula is C18H16ClFN4O2S. The van der Waals surface area contributed by atoms with Gasteiger partial charge in [-0.25, -0.2) is 4.39 Å². The lowest BCUT2D eigenvalue weighted by molar-refractivity contribution is 0.280. The number of aromatic amines is 1. The Labute approximate surface area is 165 Å². The van der Waals surface area contributed by atoms with Gasteiger partial charge in [0.2, 0.25) is 4.77 Å². The van der Waals surface area contributed by atoms with Gasteiger partial charge in [0.05, 0.1) is 18.3 Å². The summed E-state index contributed by atoms with van der Waals surface area (Å²) in [6, 6.07) is 9.76. The third-order valence-corrected chi connectivity index (χ3v) is 4.37. The number of aromatic nitrogens is 3. The van der Waals surface area contributed by atoms with Gasteiger partial charge < -0.3 is 9.47 Å². The van der Waals surface area contributed by atoms with Gasteiger partial charge >= 0.3 is 0 Å². The van der Waals surface area contributed by atoms with Crippen LogP contribution < -0.4 is 9.47 Å². The Kier molecular flexibility index (Phi) is 5.88. The minimum Gasteiger partial charge on any atom is -0.493 e. The molecule has 0 spiro atoms. The standard InChI is InChI=1S/C18H16ClFN4O2S/c1-11-22-23-18(27)24(11)21-9-12-6-7-16(17(8-12)25-2)26-10-13-14(19)4-3-5-15(13)20/h3-9H,10H2,1-2H3,(H,23,27). The van der Waals surface area contributed by atoms with Crippen LogP contribution in [0.3, 0.4) is 0 Å². The van der Waals surface area contributed by atoms with Crippen LogP contribution in [0.2, 0.25) is 5.02 Å². The molecule has 0 radical (unpaired) electrons. The lowest BCUT2D eigenvalue weighted by atomic mass is 10.2. The molecule has 27 heavy (non-hydrogen) atoms. The number of H-pyrrole nitrogens is 1. The van der Waals surface area contributed by atoms with Crippen molar-refractivity contribution in [3.63, 3.8) is 0 Å². The first kappa shape index (κ1) is 19.1. The molecule has 140 valence electrons. The first-order chi connectivity index (χ1) is 13.0. The van der Waals surface area contributed by atoms with E-state index in [9.17, 15) is 4.39 Å². The molecule has 0 saturated carbocycles. The van der Waals surface area contributed by atoms with Crippen molar-refractivity contribution in [3.05, 3.63) is 69.0 Å². The van der Waals surface area contributed by atoms with Crippen molar-refractivity contribution in [1.82, 2.24) is 14.9 Å². The predicted molar refractivity (Wildman–Crippen MR) is 104 cm³/mol. The van der Waals surface area contributed by atoms with Gasteiger partial charge in [-0.15, -0.1) is 0 Å². The van der Waals surface area contributed by atoms with E-state index in [0.29, 0.717) is 27.1 Å². The molecule has 0 bridgehead atoms. The summed E-state index contributed by atoms with van der Waals surface area (Å²) in [4.78, 5) is 0. The van der Waals surface area contributed by atoms with E-state index in [-0.39, 0.29) is 12.2 Å². The summed E-state index contributed by atoms with van der Waals surface area (Å²) in [6.45, 7) is 1.77. The summed E-state index contributed by atoms with van der Waals surface area (Å²) in [5.41, 5.74) is 1.06. The van der Waals surface area contributed by atoms with E-state index >= 15 is 0 Å². The van der Waals surface area contributed by atoms with E-state index in [2.05, 4.69) is 15.3 Å². The van der Waals surface area contributed by atoms with E-state index in [0.717, 1.165) is 5.56 Å². The molecular weight excluding hydrogens is 391 g/mol. The molecule has 3 aromatic rings. The molecule has 1 aromatic heterocycles. The number of rotatable bonds is 6. The maximum absolute atomic E-state index is 13.9. The third kappa shape index (κ3) is 4.35. The second-order valence-electron chi connectivity index (χ2n) is 5.53. The smallest absolute Gasteiger partial charge is 0.216 e. The Morgan fingerprint density at radius 1 is 1.33 bits per heavy atom. The molecule has 3 rings (SSSR count). The van der Waals surface area contributed by atoms with Crippen molar-refractivity contribution in [1.29, 1.82) is 0 Å². The third-order valence-electron chi connectivity index (χ3n) is 3.76. The zero-order valence-electron chi connectivity index (χ0n) is 14.6. The van der Waals surface area contributed by atoms with Crippen molar-refractivity contribution in [2.45, 2.75) is 13.5 Å². The molecule has 1 N–H and O–H groups in total. The lowest BCUT2D eigenvalue weighted by Crippen LogP contribution is -2.01. The largest absolute Gasteiger partial charge is 0.493 e. The average molecular weight is 407 g/mol. The summed E-state index contributed by atoms with van der Waals surface area (Å²) < 4.78 is 26.8. The molecule has 0 atom stereocenters. The number of hydrogen-bond donors (Lipinski definition) is 1. The number of nitrogens with zero attached hydrogens (tertiary/aromatic N) is 3. The van der Waals surface area contributed by atoms with Gasteiger partial charge in [-0.3, -0.25) is 5.10 Å². The highest BCUT2D eigenvalue weighted by Gasteiger charge is 2.10. The Balaban J connectivity index is 1.79. The molecule has 0 fully saturated rings. The monoisotopic (exact) mass is 406 g/mol. The van der Waals surface area contributed by atoms with Crippen LogP contribution in [0.4, 0.5) is 4.39 Å². The SMILES string of the molecule is COc1cc(C=Nn2c(C)n[nH]c2=S)ccc1OCc1c(F)cccc1Cl. The maximum Gasteiger partial charge on any atom is 0.216 e. The fraction of sp³-hybridized carbons (Fsp3) is 0.167. The zero-order chi connectivity index (χ0) is 19.4. The Bertz CT molecular complexity index is 1030. The summed E-state index contributed by atoms with van der Waals surface area (Å²) in [6.07, 6.45) is 1.62. The average Bonchev–Trinajstić information content (AvgIpc) is 2.98. The van der Waals surface area contributed by atoms with Gasteiger partial charge in [-0.1, -0.05) is 17.7 Å². The number of benzene rings is 2. The quantitative estimate of drug-likeness (QED) is 0.483. The minimum absolute atomic E-state index is 0.0152. The number of halogens is 2. The molecule has 9 heteroatoms. The Hall–Kier alpha value is -2.71. The van der Waals surface area contributed by atoms with Crippen molar-refractivity contribution in [3.8, 4) is 11.5 Å². The van der Waals surface area contributed by atoms with Crippen molar-refractivity contribution in [2.24, 2.45) is 5.10 Å². The molecule has 1 heterocycles. The van der Waals surface area contributed by atoms with E-state index in [1.807, 2.05) is 0 Å². The van der Waals surface area contributed by atoms with Crippen LogP contribution in [0.25, 0.3) is 0 Å². The summed E-state index contributed by atoms with van der Waals surface area (Å²) in [7, 11) is 1.52.